The Kier molecular flexibility index (Phi) is 5.86. The van der Waals surface area contributed by atoms with Gasteiger partial charge in [-0.1, -0.05) is 32.1 Å². The summed E-state index contributed by atoms with van der Waals surface area (Å²) in [4.78, 5) is 7.86. The lowest BCUT2D eigenvalue weighted by Gasteiger charge is -2.22. The van der Waals surface area contributed by atoms with Crippen molar-refractivity contribution in [1.82, 2.24) is 15.6 Å². The minimum Gasteiger partial charge on any atom is -0.356 e. The van der Waals surface area contributed by atoms with Crippen LogP contribution < -0.4 is 10.6 Å². The molecule has 4 nitrogen and oxygen atoms in total. The van der Waals surface area contributed by atoms with Gasteiger partial charge in [0.05, 0.1) is 5.01 Å². The lowest BCUT2D eigenvalue weighted by Crippen LogP contribution is -2.40. The third-order valence-electron chi connectivity index (χ3n) is 5.11. The summed E-state index contributed by atoms with van der Waals surface area (Å²) in [5, 5.41) is 8.19. The van der Waals surface area contributed by atoms with E-state index in [1.807, 2.05) is 0 Å². The quantitative estimate of drug-likeness (QED) is 0.608. The molecule has 2 aliphatic carbocycles. The standard InChI is InChI=1S/C17H25F3N4S/c1-21-16(23-13-9-12(13)11-5-3-2-4-6-11)22-8-7-15-24-14(10-25-15)17(18,19)20/h10-13H,2-9H2,1H3,(H2,21,22,23). The summed E-state index contributed by atoms with van der Waals surface area (Å²) >= 11 is 1.05. The van der Waals surface area contributed by atoms with Crippen molar-refractivity contribution in [2.45, 2.75) is 57.2 Å². The molecule has 2 unspecified atom stereocenters. The van der Waals surface area contributed by atoms with Crippen LogP contribution in [-0.2, 0) is 12.6 Å². The molecule has 140 valence electrons. The average Bonchev–Trinajstić information content (AvgIpc) is 3.18. The minimum absolute atomic E-state index is 0.457. The molecule has 0 spiro atoms. The number of aliphatic imine (C=N–C) groups is 1. The van der Waals surface area contributed by atoms with Crippen molar-refractivity contribution in [3.8, 4) is 0 Å². The van der Waals surface area contributed by atoms with E-state index in [0.29, 0.717) is 24.0 Å². The highest BCUT2D eigenvalue weighted by atomic mass is 32.1. The fraction of sp³-hybridized carbons (Fsp3) is 0.765. The fourth-order valence-corrected chi connectivity index (χ4v) is 4.48. The number of hydrogen-bond donors (Lipinski definition) is 2. The molecule has 1 aromatic rings. The first-order chi connectivity index (χ1) is 12.0. The number of rotatable bonds is 5. The van der Waals surface area contributed by atoms with Crippen LogP contribution in [0.4, 0.5) is 13.2 Å². The highest BCUT2D eigenvalue weighted by molar-refractivity contribution is 7.09. The molecule has 3 rings (SSSR count). The Balaban J connectivity index is 1.39. The molecule has 0 bridgehead atoms. The van der Waals surface area contributed by atoms with E-state index in [1.54, 1.807) is 7.05 Å². The molecule has 1 heterocycles. The van der Waals surface area contributed by atoms with Crippen molar-refractivity contribution >= 4 is 17.3 Å². The van der Waals surface area contributed by atoms with Crippen molar-refractivity contribution in [3.63, 3.8) is 0 Å². The molecule has 2 fully saturated rings. The van der Waals surface area contributed by atoms with Crippen LogP contribution in [0.2, 0.25) is 0 Å². The first-order valence-corrected chi connectivity index (χ1v) is 9.84. The maximum absolute atomic E-state index is 12.5. The molecule has 0 aromatic carbocycles. The average molecular weight is 374 g/mol. The summed E-state index contributed by atoms with van der Waals surface area (Å²) in [5.74, 6) is 2.34. The minimum atomic E-state index is -4.36. The smallest absolute Gasteiger partial charge is 0.356 e. The summed E-state index contributed by atoms with van der Waals surface area (Å²) in [6.45, 7) is 0.519. The topological polar surface area (TPSA) is 49.3 Å². The summed E-state index contributed by atoms with van der Waals surface area (Å²) < 4.78 is 37.6. The Morgan fingerprint density at radius 3 is 2.72 bits per heavy atom. The van der Waals surface area contributed by atoms with Gasteiger partial charge in [-0.2, -0.15) is 13.2 Å². The summed E-state index contributed by atoms with van der Waals surface area (Å²) in [7, 11) is 1.72. The van der Waals surface area contributed by atoms with Crippen LogP contribution in [0, 0.1) is 11.8 Å². The van der Waals surface area contributed by atoms with Crippen molar-refractivity contribution in [2.24, 2.45) is 16.8 Å². The highest BCUT2D eigenvalue weighted by Crippen LogP contribution is 2.44. The van der Waals surface area contributed by atoms with Gasteiger partial charge in [0.25, 0.3) is 0 Å². The van der Waals surface area contributed by atoms with Crippen molar-refractivity contribution in [1.29, 1.82) is 0 Å². The molecule has 2 saturated carbocycles. The zero-order valence-corrected chi connectivity index (χ0v) is 15.2. The Morgan fingerprint density at radius 1 is 1.32 bits per heavy atom. The normalized spacial score (nSPS) is 25.0. The maximum Gasteiger partial charge on any atom is 0.434 e. The third kappa shape index (κ3) is 5.09. The van der Waals surface area contributed by atoms with Gasteiger partial charge in [-0.15, -0.1) is 11.3 Å². The Hall–Kier alpha value is -1.31. The van der Waals surface area contributed by atoms with Crippen LogP contribution in [0.3, 0.4) is 0 Å². The van der Waals surface area contributed by atoms with Crippen molar-refractivity contribution in [3.05, 3.63) is 16.1 Å². The van der Waals surface area contributed by atoms with Gasteiger partial charge in [0.15, 0.2) is 11.7 Å². The molecule has 2 atom stereocenters. The predicted molar refractivity (Wildman–Crippen MR) is 93.8 cm³/mol. The molecule has 0 amide bonds. The number of aromatic nitrogens is 1. The second kappa shape index (κ2) is 7.93. The van der Waals surface area contributed by atoms with Crippen LogP contribution >= 0.6 is 11.3 Å². The number of alkyl halides is 3. The molecule has 0 radical (unpaired) electrons. The SMILES string of the molecule is CN=C(NCCc1nc(C(F)(F)F)cs1)NC1CC1C1CCCCC1. The summed E-state index contributed by atoms with van der Waals surface area (Å²) in [6, 6.07) is 0.492. The number of guanidine groups is 1. The first kappa shape index (κ1) is 18.5. The largest absolute Gasteiger partial charge is 0.434 e. The van der Waals surface area contributed by atoms with Crippen LogP contribution in [0.25, 0.3) is 0 Å². The van der Waals surface area contributed by atoms with Crippen LogP contribution in [-0.4, -0.2) is 30.6 Å². The Morgan fingerprint density at radius 2 is 2.08 bits per heavy atom. The second-order valence-corrected chi connectivity index (χ2v) is 7.86. The van der Waals surface area contributed by atoms with Gasteiger partial charge in [-0.25, -0.2) is 4.98 Å². The second-order valence-electron chi connectivity index (χ2n) is 6.92. The van der Waals surface area contributed by atoms with E-state index in [4.69, 9.17) is 0 Å². The zero-order valence-electron chi connectivity index (χ0n) is 14.4. The number of thiazole rings is 1. The summed E-state index contributed by atoms with van der Waals surface area (Å²) in [5.41, 5.74) is -0.802. The number of nitrogens with zero attached hydrogens (tertiary/aromatic N) is 2. The number of halogens is 3. The zero-order chi connectivity index (χ0) is 17.9. The van der Waals surface area contributed by atoms with Crippen molar-refractivity contribution < 1.29 is 13.2 Å². The fourth-order valence-electron chi connectivity index (χ4n) is 3.68. The lowest BCUT2D eigenvalue weighted by atomic mass is 9.85. The van der Waals surface area contributed by atoms with Crippen LogP contribution in [0.5, 0.6) is 0 Å². The molecule has 0 aliphatic heterocycles. The van der Waals surface area contributed by atoms with E-state index >= 15 is 0 Å². The van der Waals surface area contributed by atoms with Gasteiger partial charge in [0.2, 0.25) is 0 Å². The van der Waals surface area contributed by atoms with Gasteiger partial charge in [0.1, 0.15) is 0 Å². The maximum atomic E-state index is 12.5. The molecular formula is C17H25F3N4S. The molecule has 0 saturated heterocycles. The van der Waals surface area contributed by atoms with E-state index in [9.17, 15) is 13.2 Å². The van der Waals surface area contributed by atoms with Gasteiger partial charge < -0.3 is 10.6 Å². The summed E-state index contributed by atoms with van der Waals surface area (Å²) in [6.07, 6.45) is 4.08. The van der Waals surface area contributed by atoms with Gasteiger partial charge in [0, 0.05) is 31.4 Å². The first-order valence-electron chi connectivity index (χ1n) is 8.96. The monoisotopic (exact) mass is 374 g/mol. The molecule has 2 aliphatic rings. The van der Waals surface area contributed by atoms with E-state index in [1.165, 1.54) is 38.5 Å². The molecule has 2 N–H and O–H groups in total. The van der Waals surface area contributed by atoms with Gasteiger partial charge >= 0.3 is 6.18 Å². The molecular weight excluding hydrogens is 349 g/mol. The van der Waals surface area contributed by atoms with E-state index in [2.05, 4.69) is 20.6 Å². The third-order valence-corrected chi connectivity index (χ3v) is 6.02. The molecule has 8 heteroatoms. The Bertz CT molecular complexity index is 593. The number of hydrogen-bond acceptors (Lipinski definition) is 3. The predicted octanol–water partition coefficient (Wildman–Crippen LogP) is 3.84. The van der Waals surface area contributed by atoms with E-state index in [-0.39, 0.29) is 0 Å². The molecule has 1 aromatic heterocycles. The van der Waals surface area contributed by atoms with Crippen LogP contribution in [0.15, 0.2) is 10.4 Å². The van der Waals surface area contributed by atoms with E-state index in [0.717, 1.165) is 34.5 Å². The number of nitrogens with one attached hydrogen (secondary N) is 2. The lowest BCUT2D eigenvalue weighted by molar-refractivity contribution is -0.140. The molecule has 25 heavy (non-hydrogen) atoms. The van der Waals surface area contributed by atoms with Crippen LogP contribution in [0.1, 0.15) is 49.2 Å². The highest BCUT2D eigenvalue weighted by Gasteiger charge is 2.43. The van der Waals surface area contributed by atoms with Crippen molar-refractivity contribution in [2.75, 3.05) is 13.6 Å². The van der Waals surface area contributed by atoms with E-state index < -0.39 is 11.9 Å². The van der Waals surface area contributed by atoms with Gasteiger partial charge in [-0.3, -0.25) is 4.99 Å². The Labute approximate surface area is 150 Å². The van der Waals surface area contributed by atoms with Gasteiger partial charge in [-0.05, 0) is 18.3 Å².